The lowest BCUT2D eigenvalue weighted by Gasteiger charge is -2.05. The molecule has 0 amide bonds. The molecule has 0 N–H and O–H groups in total. The minimum absolute atomic E-state index is 0.247. The van der Waals surface area contributed by atoms with Gasteiger partial charge in [0.15, 0.2) is 6.61 Å². The van der Waals surface area contributed by atoms with Crippen molar-refractivity contribution in [3.63, 3.8) is 0 Å². The first-order valence-corrected chi connectivity index (χ1v) is 7.79. The van der Waals surface area contributed by atoms with Crippen LogP contribution in [0.25, 0.3) is 22.2 Å². The van der Waals surface area contributed by atoms with Crippen LogP contribution in [0.5, 0.6) is 5.75 Å². The van der Waals surface area contributed by atoms with Gasteiger partial charge in [0, 0.05) is 5.56 Å². The van der Waals surface area contributed by atoms with Crippen LogP contribution in [0.3, 0.4) is 0 Å². The number of rotatable bonds is 4. The second-order valence-corrected chi connectivity index (χ2v) is 5.61. The third-order valence-electron chi connectivity index (χ3n) is 3.93. The van der Waals surface area contributed by atoms with Crippen molar-refractivity contribution in [1.29, 1.82) is 0 Å². The molecule has 0 aliphatic carbocycles. The molecule has 0 aliphatic heterocycles. The monoisotopic (exact) mass is 316 g/mol. The maximum absolute atomic E-state index is 5.78. The van der Waals surface area contributed by atoms with Crippen molar-refractivity contribution in [1.82, 2.24) is 10.2 Å². The van der Waals surface area contributed by atoms with E-state index in [0.717, 1.165) is 22.3 Å². The zero-order valence-electron chi connectivity index (χ0n) is 13.3. The summed E-state index contributed by atoms with van der Waals surface area (Å²) in [5.74, 6) is 1.76. The molecule has 0 radical (unpaired) electrons. The van der Waals surface area contributed by atoms with E-state index in [2.05, 4.69) is 22.3 Å². The van der Waals surface area contributed by atoms with Crippen LogP contribution in [0, 0.1) is 6.92 Å². The number of ether oxygens (including phenoxy) is 1. The molecule has 0 saturated carbocycles. The first-order valence-electron chi connectivity index (χ1n) is 7.79. The van der Waals surface area contributed by atoms with Gasteiger partial charge in [0.05, 0.1) is 0 Å². The van der Waals surface area contributed by atoms with Crippen LogP contribution in [0.2, 0.25) is 0 Å². The van der Waals surface area contributed by atoms with Crippen molar-refractivity contribution < 1.29 is 9.15 Å². The normalized spacial score (nSPS) is 10.9. The van der Waals surface area contributed by atoms with E-state index in [9.17, 15) is 0 Å². The number of benzene rings is 3. The van der Waals surface area contributed by atoms with E-state index < -0.39 is 0 Å². The van der Waals surface area contributed by atoms with E-state index in [1.54, 1.807) is 0 Å². The van der Waals surface area contributed by atoms with E-state index in [0.29, 0.717) is 11.8 Å². The Balaban J connectivity index is 1.51. The standard InChI is InChI=1S/C20H16N2O2/c1-14-6-2-5-9-18(14)20-22-21-19(24-20)13-23-17-11-10-15-7-3-4-8-16(15)12-17/h2-12H,13H2,1H3. The SMILES string of the molecule is Cc1ccccc1-c1nnc(COc2ccc3ccccc3c2)o1. The summed E-state index contributed by atoms with van der Waals surface area (Å²) in [4.78, 5) is 0. The predicted octanol–water partition coefficient (Wildman–Crippen LogP) is 4.78. The number of aryl methyl sites for hydroxylation is 1. The van der Waals surface area contributed by atoms with E-state index in [1.807, 2.05) is 61.5 Å². The van der Waals surface area contributed by atoms with Crippen molar-refractivity contribution in [2.45, 2.75) is 13.5 Å². The number of hydrogen-bond donors (Lipinski definition) is 0. The highest BCUT2D eigenvalue weighted by Crippen LogP contribution is 2.23. The minimum Gasteiger partial charge on any atom is -0.484 e. The Morgan fingerprint density at radius 3 is 2.54 bits per heavy atom. The van der Waals surface area contributed by atoms with Crippen LogP contribution >= 0.6 is 0 Å². The van der Waals surface area contributed by atoms with Crippen LogP contribution in [-0.4, -0.2) is 10.2 Å². The molecule has 4 rings (SSSR count). The molecule has 4 nitrogen and oxygen atoms in total. The Hall–Kier alpha value is -3.14. The smallest absolute Gasteiger partial charge is 0.254 e. The highest BCUT2D eigenvalue weighted by atomic mass is 16.5. The van der Waals surface area contributed by atoms with Gasteiger partial charge in [0.2, 0.25) is 5.89 Å². The van der Waals surface area contributed by atoms with Gasteiger partial charge < -0.3 is 9.15 Å². The fourth-order valence-electron chi connectivity index (χ4n) is 2.64. The molecule has 0 fully saturated rings. The topological polar surface area (TPSA) is 48.2 Å². The van der Waals surface area contributed by atoms with Gasteiger partial charge >= 0.3 is 0 Å². The molecular formula is C20H16N2O2. The van der Waals surface area contributed by atoms with Crippen LogP contribution in [0.4, 0.5) is 0 Å². The second-order valence-electron chi connectivity index (χ2n) is 5.61. The third kappa shape index (κ3) is 2.86. The summed E-state index contributed by atoms with van der Waals surface area (Å²) in [5, 5.41) is 10.5. The molecular weight excluding hydrogens is 300 g/mol. The maximum atomic E-state index is 5.78. The number of aromatic nitrogens is 2. The summed E-state index contributed by atoms with van der Waals surface area (Å²) in [5.41, 5.74) is 2.05. The van der Waals surface area contributed by atoms with Gasteiger partial charge in [-0.05, 0) is 41.5 Å². The van der Waals surface area contributed by atoms with Gasteiger partial charge in [-0.1, -0.05) is 48.5 Å². The van der Waals surface area contributed by atoms with Crippen LogP contribution in [0.1, 0.15) is 11.5 Å². The Labute approximate surface area is 139 Å². The molecule has 4 aromatic rings. The highest BCUT2D eigenvalue weighted by molar-refractivity contribution is 5.83. The molecule has 24 heavy (non-hydrogen) atoms. The van der Waals surface area contributed by atoms with Crippen molar-refractivity contribution in [2.24, 2.45) is 0 Å². The first-order chi connectivity index (χ1) is 11.8. The van der Waals surface area contributed by atoms with Crippen LogP contribution in [-0.2, 0) is 6.61 Å². The van der Waals surface area contributed by atoms with Gasteiger partial charge in [-0.3, -0.25) is 0 Å². The van der Waals surface area contributed by atoms with Gasteiger partial charge in [-0.2, -0.15) is 0 Å². The van der Waals surface area contributed by atoms with Gasteiger partial charge in [-0.15, -0.1) is 10.2 Å². The summed E-state index contributed by atoms with van der Waals surface area (Å²) in [7, 11) is 0. The van der Waals surface area contributed by atoms with Crippen molar-refractivity contribution >= 4 is 10.8 Å². The average molecular weight is 316 g/mol. The molecule has 0 spiro atoms. The molecule has 0 aliphatic rings. The van der Waals surface area contributed by atoms with Crippen molar-refractivity contribution in [3.8, 4) is 17.2 Å². The van der Waals surface area contributed by atoms with Gasteiger partial charge in [-0.25, -0.2) is 0 Å². The fourth-order valence-corrected chi connectivity index (χ4v) is 2.64. The molecule has 1 heterocycles. The lowest BCUT2D eigenvalue weighted by molar-refractivity contribution is 0.265. The zero-order valence-corrected chi connectivity index (χ0v) is 13.3. The third-order valence-corrected chi connectivity index (χ3v) is 3.93. The fraction of sp³-hybridized carbons (Fsp3) is 0.100. The van der Waals surface area contributed by atoms with E-state index >= 15 is 0 Å². The molecule has 3 aromatic carbocycles. The Morgan fingerprint density at radius 1 is 0.875 bits per heavy atom. The summed E-state index contributed by atoms with van der Waals surface area (Å²) in [6, 6.07) is 22.1. The summed E-state index contributed by atoms with van der Waals surface area (Å²) < 4.78 is 11.5. The Bertz CT molecular complexity index is 992. The second kappa shape index (κ2) is 6.16. The van der Waals surface area contributed by atoms with Crippen molar-refractivity contribution in [2.75, 3.05) is 0 Å². The van der Waals surface area contributed by atoms with Gasteiger partial charge in [0.25, 0.3) is 5.89 Å². The van der Waals surface area contributed by atoms with Crippen LogP contribution < -0.4 is 4.74 Å². The van der Waals surface area contributed by atoms with Crippen molar-refractivity contribution in [3.05, 3.63) is 78.2 Å². The van der Waals surface area contributed by atoms with E-state index in [1.165, 1.54) is 5.39 Å². The summed E-state index contributed by atoms with van der Waals surface area (Å²) >= 11 is 0. The lowest BCUT2D eigenvalue weighted by Crippen LogP contribution is -1.95. The van der Waals surface area contributed by atoms with E-state index in [4.69, 9.17) is 9.15 Å². The minimum atomic E-state index is 0.247. The largest absolute Gasteiger partial charge is 0.484 e. The number of nitrogens with zero attached hydrogens (tertiary/aromatic N) is 2. The molecule has 118 valence electrons. The highest BCUT2D eigenvalue weighted by Gasteiger charge is 2.11. The Morgan fingerprint density at radius 2 is 1.67 bits per heavy atom. The molecule has 0 saturated heterocycles. The van der Waals surface area contributed by atoms with Gasteiger partial charge in [0.1, 0.15) is 5.75 Å². The molecule has 4 heteroatoms. The quantitative estimate of drug-likeness (QED) is 0.544. The molecule has 0 atom stereocenters. The number of fused-ring (bicyclic) bond motifs is 1. The molecule has 0 unspecified atom stereocenters. The number of hydrogen-bond acceptors (Lipinski definition) is 4. The molecule has 0 bridgehead atoms. The van der Waals surface area contributed by atoms with E-state index in [-0.39, 0.29) is 6.61 Å². The summed E-state index contributed by atoms with van der Waals surface area (Å²) in [6.45, 7) is 2.27. The summed E-state index contributed by atoms with van der Waals surface area (Å²) in [6.07, 6.45) is 0. The average Bonchev–Trinajstić information content (AvgIpc) is 3.09. The predicted molar refractivity (Wildman–Crippen MR) is 92.8 cm³/mol. The Kier molecular flexibility index (Phi) is 3.71. The lowest BCUT2D eigenvalue weighted by atomic mass is 10.1. The van der Waals surface area contributed by atoms with Crippen LogP contribution in [0.15, 0.2) is 71.1 Å². The zero-order chi connectivity index (χ0) is 16.4. The first kappa shape index (κ1) is 14.5. The maximum Gasteiger partial charge on any atom is 0.254 e. The molecule has 1 aromatic heterocycles.